The van der Waals surface area contributed by atoms with E-state index >= 15 is 0 Å². The third-order valence-corrected chi connectivity index (χ3v) is 1.84. The van der Waals surface area contributed by atoms with Crippen LogP contribution in [-0.4, -0.2) is 12.5 Å². The largest absolute Gasteiger partial charge is 0.376 e. The molecular formula is C11H12N2O2. The fourth-order valence-corrected chi connectivity index (χ4v) is 1.12. The van der Waals surface area contributed by atoms with Gasteiger partial charge in [-0.05, 0) is 17.7 Å². The summed E-state index contributed by atoms with van der Waals surface area (Å²) in [5.41, 5.74) is 6.48. The Balaban J connectivity index is 2.51. The molecule has 2 N–H and O–H groups in total. The van der Waals surface area contributed by atoms with Crippen molar-refractivity contribution in [1.82, 2.24) is 0 Å². The number of nitrogens with two attached hydrogens (primary N) is 1. The van der Waals surface area contributed by atoms with Gasteiger partial charge in [-0.1, -0.05) is 12.1 Å². The molecule has 0 saturated heterocycles. The minimum Gasteiger partial charge on any atom is -0.376 e. The number of carbonyl (C=O) groups excluding carboxylic acids is 1. The van der Waals surface area contributed by atoms with Gasteiger partial charge < -0.3 is 10.5 Å². The van der Waals surface area contributed by atoms with Gasteiger partial charge >= 0.3 is 0 Å². The fourth-order valence-electron chi connectivity index (χ4n) is 1.12. The predicted molar refractivity (Wildman–Crippen MR) is 54.8 cm³/mol. The van der Waals surface area contributed by atoms with Gasteiger partial charge in [-0.15, -0.1) is 0 Å². The first kappa shape index (κ1) is 11.2. The van der Waals surface area contributed by atoms with Crippen molar-refractivity contribution in [2.45, 2.75) is 13.0 Å². The zero-order chi connectivity index (χ0) is 11.1. The van der Waals surface area contributed by atoms with Crippen molar-refractivity contribution < 1.29 is 9.53 Å². The van der Waals surface area contributed by atoms with Crippen LogP contribution in [-0.2, 0) is 11.3 Å². The summed E-state index contributed by atoms with van der Waals surface area (Å²) in [4.78, 5) is 10.9. The van der Waals surface area contributed by atoms with Crippen LogP contribution in [0.15, 0.2) is 24.3 Å². The summed E-state index contributed by atoms with van der Waals surface area (Å²) in [6, 6.07) is 8.93. The molecule has 0 fully saturated rings. The molecule has 0 saturated carbocycles. The van der Waals surface area contributed by atoms with Crippen molar-refractivity contribution in [3.63, 3.8) is 0 Å². The normalized spacial score (nSPS) is 9.53. The molecule has 0 unspecified atom stereocenters. The first-order valence-electron chi connectivity index (χ1n) is 4.57. The Kier molecular flexibility index (Phi) is 4.32. The summed E-state index contributed by atoms with van der Waals surface area (Å²) >= 11 is 0. The van der Waals surface area contributed by atoms with Gasteiger partial charge in [0.1, 0.15) is 0 Å². The topological polar surface area (TPSA) is 76.1 Å². The van der Waals surface area contributed by atoms with E-state index in [2.05, 4.69) is 0 Å². The Morgan fingerprint density at radius 3 is 3.00 bits per heavy atom. The SMILES string of the molecule is N#CCCOCc1cccc(C(N)=O)c1. The van der Waals surface area contributed by atoms with Crippen molar-refractivity contribution in [2.24, 2.45) is 5.73 Å². The summed E-state index contributed by atoms with van der Waals surface area (Å²) < 4.78 is 5.22. The maximum absolute atomic E-state index is 10.9. The van der Waals surface area contributed by atoms with E-state index in [0.29, 0.717) is 25.2 Å². The van der Waals surface area contributed by atoms with E-state index < -0.39 is 5.91 Å². The van der Waals surface area contributed by atoms with Crippen LogP contribution in [0.4, 0.5) is 0 Å². The smallest absolute Gasteiger partial charge is 0.248 e. The number of nitrogens with zero attached hydrogens (tertiary/aromatic N) is 1. The van der Waals surface area contributed by atoms with Crippen LogP contribution >= 0.6 is 0 Å². The van der Waals surface area contributed by atoms with Crippen molar-refractivity contribution in [2.75, 3.05) is 6.61 Å². The van der Waals surface area contributed by atoms with Crippen LogP contribution in [0.5, 0.6) is 0 Å². The van der Waals surface area contributed by atoms with Crippen LogP contribution < -0.4 is 5.73 Å². The highest BCUT2D eigenvalue weighted by Gasteiger charge is 2.00. The van der Waals surface area contributed by atoms with Crippen LogP contribution in [0.3, 0.4) is 0 Å². The monoisotopic (exact) mass is 204 g/mol. The summed E-state index contributed by atoms with van der Waals surface area (Å²) in [5, 5.41) is 8.29. The zero-order valence-corrected chi connectivity index (χ0v) is 8.27. The van der Waals surface area contributed by atoms with E-state index in [1.54, 1.807) is 18.2 Å². The summed E-state index contributed by atoms with van der Waals surface area (Å²) in [5.74, 6) is -0.450. The molecule has 0 bridgehead atoms. The third kappa shape index (κ3) is 3.79. The van der Waals surface area contributed by atoms with Gasteiger partial charge in [0.25, 0.3) is 0 Å². The van der Waals surface area contributed by atoms with Crippen molar-refractivity contribution in [3.8, 4) is 6.07 Å². The number of ether oxygens (including phenoxy) is 1. The third-order valence-electron chi connectivity index (χ3n) is 1.84. The quantitative estimate of drug-likeness (QED) is 0.732. The van der Waals surface area contributed by atoms with Crippen LogP contribution in [0.1, 0.15) is 22.3 Å². The molecule has 78 valence electrons. The number of hydrogen-bond donors (Lipinski definition) is 1. The highest BCUT2D eigenvalue weighted by atomic mass is 16.5. The highest BCUT2D eigenvalue weighted by Crippen LogP contribution is 2.06. The molecule has 0 aliphatic carbocycles. The lowest BCUT2D eigenvalue weighted by molar-refractivity contribution is 0.0999. The van der Waals surface area contributed by atoms with Gasteiger partial charge in [-0.2, -0.15) is 5.26 Å². The Hall–Kier alpha value is -1.86. The fraction of sp³-hybridized carbons (Fsp3) is 0.273. The standard InChI is InChI=1S/C11H12N2O2/c12-5-2-6-15-8-9-3-1-4-10(7-9)11(13)14/h1,3-4,7H,2,6,8H2,(H2,13,14). The minimum absolute atomic E-state index is 0.371. The Morgan fingerprint density at radius 2 is 2.33 bits per heavy atom. The van der Waals surface area contributed by atoms with Gasteiger partial charge in [0.05, 0.1) is 25.7 Å². The number of rotatable bonds is 5. The molecule has 1 aromatic carbocycles. The molecule has 1 aromatic rings. The Labute approximate surface area is 88.3 Å². The van der Waals surface area contributed by atoms with E-state index in [1.807, 2.05) is 12.1 Å². The second-order valence-electron chi connectivity index (χ2n) is 3.03. The second-order valence-corrected chi connectivity index (χ2v) is 3.03. The van der Waals surface area contributed by atoms with E-state index in [0.717, 1.165) is 5.56 Å². The van der Waals surface area contributed by atoms with Gasteiger partial charge in [0.15, 0.2) is 0 Å². The Morgan fingerprint density at radius 1 is 1.53 bits per heavy atom. The lowest BCUT2D eigenvalue weighted by Gasteiger charge is -2.03. The zero-order valence-electron chi connectivity index (χ0n) is 8.27. The van der Waals surface area contributed by atoms with Crippen molar-refractivity contribution >= 4 is 5.91 Å². The van der Waals surface area contributed by atoms with E-state index in [4.69, 9.17) is 15.7 Å². The van der Waals surface area contributed by atoms with E-state index in [9.17, 15) is 4.79 Å². The minimum atomic E-state index is -0.450. The summed E-state index contributed by atoms with van der Waals surface area (Å²) in [7, 11) is 0. The lowest BCUT2D eigenvalue weighted by atomic mass is 10.1. The molecule has 0 heterocycles. The number of hydrogen-bond acceptors (Lipinski definition) is 3. The molecule has 0 atom stereocenters. The maximum atomic E-state index is 10.9. The molecule has 1 rings (SSSR count). The molecule has 15 heavy (non-hydrogen) atoms. The summed E-state index contributed by atoms with van der Waals surface area (Å²) in [6.45, 7) is 0.792. The molecule has 0 aromatic heterocycles. The number of primary amides is 1. The number of benzene rings is 1. The summed E-state index contributed by atoms with van der Waals surface area (Å²) in [6.07, 6.45) is 0.371. The maximum Gasteiger partial charge on any atom is 0.248 e. The second kappa shape index (κ2) is 5.78. The molecule has 1 amide bonds. The molecular weight excluding hydrogens is 192 g/mol. The number of carbonyl (C=O) groups is 1. The molecule has 4 nitrogen and oxygen atoms in total. The predicted octanol–water partition coefficient (Wildman–Crippen LogP) is 1.22. The molecule has 0 aliphatic rings. The van der Waals surface area contributed by atoms with Crippen molar-refractivity contribution in [1.29, 1.82) is 5.26 Å². The van der Waals surface area contributed by atoms with Gasteiger partial charge in [-0.3, -0.25) is 4.79 Å². The van der Waals surface area contributed by atoms with Crippen LogP contribution in [0.2, 0.25) is 0 Å². The molecule has 0 aliphatic heterocycles. The lowest BCUT2D eigenvalue weighted by Crippen LogP contribution is -2.11. The van der Waals surface area contributed by atoms with Gasteiger partial charge in [-0.25, -0.2) is 0 Å². The van der Waals surface area contributed by atoms with E-state index in [-0.39, 0.29) is 0 Å². The van der Waals surface area contributed by atoms with Gasteiger partial charge in [0, 0.05) is 5.56 Å². The van der Waals surface area contributed by atoms with Crippen LogP contribution in [0.25, 0.3) is 0 Å². The molecule has 0 spiro atoms. The number of nitriles is 1. The first-order valence-corrected chi connectivity index (χ1v) is 4.57. The van der Waals surface area contributed by atoms with Crippen molar-refractivity contribution in [3.05, 3.63) is 35.4 Å². The number of amides is 1. The first-order chi connectivity index (χ1) is 7.24. The van der Waals surface area contributed by atoms with E-state index in [1.165, 1.54) is 0 Å². The van der Waals surface area contributed by atoms with Crippen LogP contribution in [0, 0.1) is 11.3 Å². The Bertz CT molecular complexity index is 382. The molecule has 4 heteroatoms. The average Bonchev–Trinajstić information content (AvgIpc) is 2.25. The molecule has 0 radical (unpaired) electrons. The van der Waals surface area contributed by atoms with Gasteiger partial charge in [0.2, 0.25) is 5.91 Å². The average molecular weight is 204 g/mol. The highest BCUT2D eigenvalue weighted by molar-refractivity contribution is 5.92.